The Morgan fingerprint density at radius 1 is 1.13 bits per heavy atom. The molecule has 0 atom stereocenters. The molecule has 4 rings (SSSR count). The monoisotopic (exact) mass is 399 g/mol. The lowest BCUT2D eigenvalue weighted by Gasteiger charge is -2.07. The van der Waals surface area contributed by atoms with Crippen LogP contribution < -0.4 is 5.32 Å². The SMILES string of the molecule is CN(C)C/C=C/C(=O)Nc1cncc(-c2cnc3[nH]cc(-c4ccncn4)c3c2)c1. The van der Waals surface area contributed by atoms with Gasteiger partial charge in [-0.25, -0.2) is 15.0 Å². The molecular weight excluding hydrogens is 378 g/mol. The molecule has 0 aliphatic rings. The highest BCUT2D eigenvalue weighted by molar-refractivity contribution is 6.00. The van der Waals surface area contributed by atoms with Crippen molar-refractivity contribution in [1.29, 1.82) is 0 Å². The Balaban J connectivity index is 1.61. The van der Waals surface area contributed by atoms with Crippen LogP contribution in [-0.4, -0.2) is 56.4 Å². The van der Waals surface area contributed by atoms with Crippen molar-refractivity contribution in [1.82, 2.24) is 29.8 Å². The molecule has 0 radical (unpaired) electrons. The topological polar surface area (TPSA) is 99.7 Å². The Morgan fingerprint density at radius 2 is 2.00 bits per heavy atom. The number of likely N-dealkylation sites (N-methyl/N-ethyl adjacent to an activating group) is 1. The third-order valence-electron chi connectivity index (χ3n) is 4.47. The molecule has 8 nitrogen and oxygen atoms in total. The van der Waals surface area contributed by atoms with E-state index >= 15 is 0 Å². The van der Waals surface area contributed by atoms with E-state index in [4.69, 9.17) is 0 Å². The number of aromatic amines is 1. The van der Waals surface area contributed by atoms with E-state index in [9.17, 15) is 4.79 Å². The predicted molar refractivity (Wildman–Crippen MR) is 117 cm³/mol. The van der Waals surface area contributed by atoms with Gasteiger partial charge in [0.25, 0.3) is 0 Å². The van der Waals surface area contributed by atoms with Crippen molar-refractivity contribution in [3.05, 3.63) is 67.7 Å². The van der Waals surface area contributed by atoms with Gasteiger partial charge in [-0.05, 0) is 32.3 Å². The second-order valence-corrected chi connectivity index (χ2v) is 7.03. The Kier molecular flexibility index (Phi) is 5.58. The van der Waals surface area contributed by atoms with E-state index < -0.39 is 0 Å². The summed E-state index contributed by atoms with van der Waals surface area (Å²) in [6, 6.07) is 5.78. The van der Waals surface area contributed by atoms with Crippen molar-refractivity contribution in [2.24, 2.45) is 0 Å². The second kappa shape index (κ2) is 8.62. The first-order chi connectivity index (χ1) is 14.6. The van der Waals surface area contributed by atoms with Crippen molar-refractivity contribution in [3.8, 4) is 22.4 Å². The second-order valence-electron chi connectivity index (χ2n) is 7.03. The van der Waals surface area contributed by atoms with Crippen molar-refractivity contribution in [2.75, 3.05) is 26.0 Å². The summed E-state index contributed by atoms with van der Waals surface area (Å²) >= 11 is 0. The van der Waals surface area contributed by atoms with E-state index in [0.717, 1.165) is 33.4 Å². The van der Waals surface area contributed by atoms with E-state index in [-0.39, 0.29) is 5.91 Å². The largest absolute Gasteiger partial charge is 0.345 e. The van der Waals surface area contributed by atoms with Gasteiger partial charge in [-0.2, -0.15) is 0 Å². The average molecular weight is 399 g/mol. The number of amides is 1. The molecule has 0 saturated heterocycles. The van der Waals surface area contributed by atoms with Crippen molar-refractivity contribution in [2.45, 2.75) is 0 Å². The van der Waals surface area contributed by atoms with Gasteiger partial charge in [0, 0.05) is 59.5 Å². The van der Waals surface area contributed by atoms with Gasteiger partial charge < -0.3 is 15.2 Å². The first kappa shape index (κ1) is 19.4. The highest BCUT2D eigenvalue weighted by Gasteiger charge is 2.10. The molecule has 0 fully saturated rings. The van der Waals surface area contributed by atoms with Gasteiger partial charge in [0.15, 0.2) is 0 Å². The molecule has 4 heterocycles. The number of carbonyl (C=O) groups is 1. The molecule has 0 aliphatic carbocycles. The van der Waals surface area contributed by atoms with E-state index in [1.165, 1.54) is 12.4 Å². The predicted octanol–water partition coefficient (Wildman–Crippen LogP) is 3.14. The highest BCUT2D eigenvalue weighted by atomic mass is 16.1. The van der Waals surface area contributed by atoms with E-state index in [1.54, 1.807) is 24.8 Å². The zero-order chi connectivity index (χ0) is 20.9. The molecule has 0 unspecified atom stereocenters. The zero-order valence-corrected chi connectivity index (χ0v) is 16.7. The van der Waals surface area contributed by atoms with Crippen LogP contribution in [0.4, 0.5) is 5.69 Å². The first-order valence-electron chi connectivity index (χ1n) is 9.41. The fraction of sp³-hybridized carbons (Fsp3) is 0.136. The molecule has 0 spiro atoms. The number of nitrogens with zero attached hydrogens (tertiary/aromatic N) is 5. The number of nitrogens with one attached hydrogen (secondary N) is 2. The standard InChI is InChI=1S/C22H21N7O/c1-29(2)7-3-4-21(30)28-17-8-15(10-24-12-17)16-9-18-19(13-26-22(18)25-11-16)20-5-6-23-14-27-20/h3-6,8-14H,7H2,1-2H3,(H,25,26)(H,28,30)/b4-3+. The fourth-order valence-electron chi connectivity index (χ4n) is 3.04. The molecule has 30 heavy (non-hydrogen) atoms. The van der Waals surface area contributed by atoms with Gasteiger partial charge in [0.05, 0.1) is 17.6 Å². The number of hydrogen-bond acceptors (Lipinski definition) is 6. The van der Waals surface area contributed by atoms with E-state index in [2.05, 4.69) is 30.2 Å². The molecule has 8 heteroatoms. The van der Waals surface area contributed by atoms with Gasteiger partial charge in [0.1, 0.15) is 12.0 Å². The van der Waals surface area contributed by atoms with Crippen LogP contribution >= 0.6 is 0 Å². The minimum absolute atomic E-state index is 0.193. The molecule has 1 amide bonds. The molecule has 0 saturated carbocycles. The zero-order valence-electron chi connectivity index (χ0n) is 16.7. The van der Waals surface area contributed by atoms with Gasteiger partial charge in [-0.1, -0.05) is 6.08 Å². The van der Waals surface area contributed by atoms with Crippen LogP contribution in [-0.2, 0) is 4.79 Å². The summed E-state index contributed by atoms with van der Waals surface area (Å²) in [5, 5.41) is 3.80. The van der Waals surface area contributed by atoms with Crippen LogP contribution in [0, 0.1) is 0 Å². The third kappa shape index (κ3) is 4.39. The highest BCUT2D eigenvalue weighted by Crippen LogP contribution is 2.30. The molecule has 0 aromatic carbocycles. The maximum atomic E-state index is 12.1. The first-order valence-corrected chi connectivity index (χ1v) is 9.41. The molecule has 0 aliphatic heterocycles. The quantitative estimate of drug-likeness (QED) is 0.483. The summed E-state index contributed by atoms with van der Waals surface area (Å²) < 4.78 is 0. The van der Waals surface area contributed by atoms with Crippen LogP contribution in [0.5, 0.6) is 0 Å². The van der Waals surface area contributed by atoms with Crippen LogP contribution in [0.15, 0.2) is 67.7 Å². The lowest BCUT2D eigenvalue weighted by molar-refractivity contribution is -0.111. The smallest absolute Gasteiger partial charge is 0.248 e. The van der Waals surface area contributed by atoms with Crippen LogP contribution in [0.2, 0.25) is 0 Å². The lowest BCUT2D eigenvalue weighted by Crippen LogP contribution is -2.13. The molecule has 4 aromatic rings. The molecular formula is C22H21N7O. The van der Waals surface area contributed by atoms with Crippen molar-refractivity contribution >= 4 is 22.6 Å². The Bertz CT molecular complexity index is 1200. The normalized spacial score (nSPS) is 11.4. The van der Waals surface area contributed by atoms with Gasteiger partial charge in [0.2, 0.25) is 5.91 Å². The maximum absolute atomic E-state index is 12.1. The summed E-state index contributed by atoms with van der Waals surface area (Å²) in [5.41, 5.74) is 4.91. The molecule has 2 N–H and O–H groups in total. The third-order valence-corrected chi connectivity index (χ3v) is 4.47. The van der Waals surface area contributed by atoms with Crippen molar-refractivity contribution in [3.63, 3.8) is 0 Å². The number of aromatic nitrogens is 5. The Morgan fingerprint density at radius 3 is 2.80 bits per heavy atom. The molecule has 0 bridgehead atoms. The number of H-pyrrole nitrogens is 1. The van der Waals surface area contributed by atoms with Crippen LogP contribution in [0.3, 0.4) is 0 Å². The molecule has 4 aromatic heterocycles. The Labute approximate surface area is 173 Å². The summed E-state index contributed by atoms with van der Waals surface area (Å²) in [6.45, 7) is 0.697. The fourth-order valence-corrected chi connectivity index (χ4v) is 3.04. The minimum Gasteiger partial charge on any atom is -0.345 e. The summed E-state index contributed by atoms with van der Waals surface area (Å²) in [5.74, 6) is -0.193. The van der Waals surface area contributed by atoms with E-state index in [0.29, 0.717) is 12.2 Å². The van der Waals surface area contributed by atoms with Crippen molar-refractivity contribution < 1.29 is 4.79 Å². The van der Waals surface area contributed by atoms with Crippen LogP contribution in [0.1, 0.15) is 0 Å². The number of anilines is 1. The Hall–Kier alpha value is -3.91. The summed E-state index contributed by atoms with van der Waals surface area (Å²) in [6.07, 6.45) is 13.6. The molecule has 150 valence electrons. The lowest BCUT2D eigenvalue weighted by atomic mass is 10.1. The maximum Gasteiger partial charge on any atom is 0.248 e. The number of fused-ring (bicyclic) bond motifs is 1. The van der Waals surface area contributed by atoms with E-state index in [1.807, 2.05) is 49.5 Å². The van der Waals surface area contributed by atoms with Crippen LogP contribution in [0.25, 0.3) is 33.4 Å². The van der Waals surface area contributed by atoms with Gasteiger partial charge >= 0.3 is 0 Å². The summed E-state index contributed by atoms with van der Waals surface area (Å²) in [7, 11) is 3.89. The number of carbonyl (C=O) groups excluding carboxylic acids is 1. The number of hydrogen-bond donors (Lipinski definition) is 2. The van der Waals surface area contributed by atoms with Gasteiger partial charge in [-0.15, -0.1) is 0 Å². The average Bonchev–Trinajstić information content (AvgIpc) is 3.17. The summed E-state index contributed by atoms with van der Waals surface area (Å²) in [4.78, 5) is 34.4. The number of rotatable bonds is 6. The van der Waals surface area contributed by atoms with Gasteiger partial charge in [-0.3, -0.25) is 9.78 Å². The minimum atomic E-state index is -0.193. The number of pyridine rings is 2.